The molecule has 4 rings (SSSR count). The molecule has 0 radical (unpaired) electrons. The zero-order valence-corrected chi connectivity index (χ0v) is 14.3. The molecule has 0 spiro atoms. The van der Waals surface area contributed by atoms with E-state index < -0.39 is 5.60 Å². The Hall–Kier alpha value is -1.68. The van der Waals surface area contributed by atoms with Crippen molar-refractivity contribution in [2.24, 2.45) is 17.3 Å². The SMILES string of the molecule is CC(=O)Oc1ccc2c(c1)CC[C@H]1[C@@H]3CCC(=O)[C@@]3(C)CC[C@]21O. The Labute approximate surface area is 142 Å². The van der Waals surface area contributed by atoms with Crippen molar-refractivity contribution >= 4 is 11.8 Å². The number of hydrogen-bond acceptors (Lipinski definition) is 4. The summed E-state index contributed by atoms with van der Waals surface area (Å²) in [6.45, 7) is 3.49. The lowest BCUT2D eigenvalue weighted by Crippen LogP contribution is -2.52. The van der Waals surface area contributed by atoms with Crippen LogP contribution in [0.25, 0.3) is 0 Å². The summed E-state index contributed by atoms with van der Waals surface area (Å²) in [6, 6.07) is 5.58. The van der Waals surface area contributed by atoms with E-state index in [4.69, 9.17) is 4.74 Å². The van der Waals surface area contributed by atoms with Crippen molar-refractivity contribution < 1.29 is 19.4 Å². The molecule has 1 aromatic rings. The molecule has 2 fully saturated rings. The summed E-state index contributed by atoms with van der Waals surface area (Å²) in [6.07, 6.45) is 4.71. The molecule has 24 heavy (non-hydrogen) atoms. The minimum atomic E-state index is -0.850. The number of benzene rings is 1. The molecule has 128 valence electrons. The van der Waals surface area contributed by atoms with Crippen LogP contribution in [0.2, 0.25) is 0 Å². The number of carbonyl (C=O) groups is 2. The predicted molar refractivity (Wildman–Crippen MR) is 88.5 cm³/mol. The molecule has 0 saturated heterocycles. The Morgan fingerprint density at radius 2 is 1.96 bits per heavy atom. The molecule has 1 aromatic carbocycles. The average molecular weight is 328 g/mol. The fourth-order valence-corrected chi connectivity index (χ4v) is 5.55. The molecule has 0 aromatic heterocycles. The van der Waals surface area contributed by atoms with E-state index in [2.05, 4.69) is 6.92 Å². The first-order chi connectivity index (χ1) is 11.3. The van der Waals surface area contributed by atoms with Crippen LogP contribution < -0.4 is 4.74 Å². The second kappa shape index (κ2) is 5.16. The highest BCUT2D eigenvalue weighted by Gasteiger charge is 2.59. The zero-order valence-electron chi connectivity index (χ0n) is 14.3. The van der Waals surface area contributed by atoms with E-state index in [1.54, 1.807) is 6.07 Å². The highest BCUT2D eigenvalue weighted by atomic mass is 16.5. The number of hydrogen-bond donors (Lipinski definition) is 1. The van der Waals surface area contributed by atoms with Gasteiger partial charge in [0.05, 0.1) is 5.60 Å². The molecule has 4 atom stereocenters. The summed E-state index contributed by atoms with van der Waals surface area (Å²) in [5, 5.41) is 11.5. The van der Waals surface area contributed by atoms with Crippen LogP contribution >= 0.6 is 0 Å². The van der Waals surface area contributed by atoms with E-state index in [-0.39, 0.29) is 23.2 Å². The summed E-state index contributed by atoms with van der Waals surface area (Å²) in [4.78, 5) is 23.5. The lowest BCUT2D eigenvalue weighted by atomic mass is 9.53. The van der Waals surface area contributed by atoms with Gasteiger partial charge in [-0.2, -0.15) is 0 Å². The van der Waals surface area contributed by atoms with Crippen molar-refractivity contribution in [3.05, 3.63) is 29.3 Å². The molecule has 3 aliphatic rings. The Morgan fingerprint density at radius 3 is 2.71 bits per heavy atom. The zero-order chi connectivity index (χ0) is 17.1. The number of esters is 1. The summed E-state index contributed by atoms with van der Waals surface area (Å²) < 4.78 is 5.18. The van der Waals surface area contributed by atoms with Gasteiger partial charge in [-0.15, -0.1) is 0 Å². The first-order valence-corrected chi connectivity index (χ1v) is 8.92. The Kier molecular flexibility index (Phi) is 3.40. The quantitative estimate of drug-likeness (QED) is 0.635. The van der Waals surface area contributed by atoms with Gasteiger partial charge in [0.2, 0.25) is 0 Å². The smallest absolute Gasteiger partial charge is 0.308 e. The van der Waals surface area contributed by atoms with Gasteiger partial charge < -0.3 is 9.84 Å². The Balaban J connectivity index is 1.71. The van der Waals surface area contributed by atoms with Crippen molar-refractivity contribution in [3.8, 4) is 5.75 Å². The van der Waals surface area contributed by atoms with Crippen molar-refractivity contribution in [2.45, 2.75) is 58.0 Å². The number of ketones is 1. The fourth-order valence-electron chi connectivity index (χ4n) is 5.55. The van der Waals surface area contributed by atoms with Gasteiger partial charge in [-0.05, 0) is 67.2 Å². The van der Waals surface area contributed by atoms with E-state index in [0.29, 0.717) is 24.4 Å². The third-order valence-corrected chi connectivity index (χ3v) is 6.79. The van der Waals surface area contributed by atoms with Crippen LogP contribution in [0.4, 0.5) is 0 Å². The highest BCUT2D eigenvalue weighted by Crippen LogP contribution is 2.61. The minimum Gasteiger partial charge on any atom is -0.427 e. The minimum absolute atomic E-state index is 0.148. The number of Topliss-reactive ketones (excluding diaryl/α,β-unsaturated/α-hetero) is 1. The maximum absolute atomic E-state index is 12.4. The van der Waals surface area contributed by atoms with Crippen molar-refractivity contribution in [1.82, 2.24) is 0 Å². The summed E-state index contributed by atoms with van der Waals surface area (Å²) in [7, 11) is 0. The van der Waals surface area contributed by atoms with Gasteiger partial charge in [-0.1, -0.05) is 13.0 Å². The number of rotatable bonds is 1. The molecular formula is C20H24O4. The van der Waals surface area contributed by atoms with E-state index >= 15 is 0 Å². The van der Waals surface area contributed by atoms with Crippen LogP contribution in [0.3, 0.4) is 0 Å². The molecule has 0 amide bonds. The van der Waals surface area contributed by atoms with Crippen LogP contribution in [0.15, 0.2) is 18.2 Å². The van der Waals surface area contributed by atoms with Crippen molar-refractivity contribution in [1.29, 1.82) is 0 Å². The number of aryl methyl sites for hydroxylation is 1. The number of carbonyl (C=O) groups excluding carboxylic acids is 2. The molecule has 4 heteroatoms. The monoisotopic (exact) mass is 328 g/mol. The molecular weight excluding hydrogens is 304 g/mol. The maximum atomic E-state index is 12.4. The molecule has 0 heterocycles. The molecule has 1 N–H and O–H groups in total. The third kappa shape index (κ3) is 2.08. The number of fused-ring (bicyclic) bond motifs is 5. The van der Waals surface area contributed by atoms with Gasteiger partial charge in [0.25, 0.3) is 0 Å². The largest absolute Gasteiger partial charge is 0.427 e. The molecule has 3 aliphatic carbocycles. The van der Waals surface area contributed by atoms with Crippen molar-refractivity contribution in [3.63, 3.8) is 0 Å². The average Bonchev–Trinajstić information content (AvgIpc) is 2.82. The molecule has 0 unspecified atom stereocenters. The van der Waals surface area contributed by atoms with Crippen LogP contribution in [-0.2, 0) is 21.6 Å². The molecule has 2 saturated carbocycles. The van der Waals surface area contributed by atoms with E-state index in [1.165, 1.54) is 6.92 Å². The van der Waals surface area contributed by atoms with Gasteiger partial charge in [0, 0.05) is 18.8 Å². The predicted octanol–water partition coefficient (Wildman–Crippen LogP) is 3.14. The fraction of sp³-hybridized carbons (Fsp3) is 0.600. The summed E-state index contributed by atoms with van der Waals surface area (Å²) >= 11 is 0. The first-order valence-electron chi connectivity index (χ1n) is 8.92. The molecule has 0 bridgehead atoms. The molecule has 4 nitrogen and oxygen atoms in total. The second-order valence-electron chi connectivity index (χ2n) is 7.97. The third-order valence-electron chi connectivity index (χ3n) is 6.79. The number of ether oxygens (including phenoxy) is 1. The lowest BCUT2D eigenvalue weighted by Gasteiger charge is -2.53. The van der Waals surface area contributed by atoms with Gasteiger partial charge in [0.1, 0.15) is 11.5 Å². The van der Waals surface area contributed by atoms with Gasteiger partial charge in [-0.25, -0.2) is 0 Å². The van der Waals surface area contributed by atoms with Gasteiger partial charge in [-0.3, -0.25) is 9.59 Å². The second-order valence-corrected chi connectivity index (χ2v) is 7.97. The van der Waals surface area contributed by atoms with E-state index in [9.17, 15) is 14.7 Å². The maximum Gasteiger partial charge on any atom is 0.308 e. The standard InChI is InChI=1S/C20H24O4/c1-12(21)24-14-4-6-15-13(11-14)3-5-17-16-7-8-18(22)19(16,2)9-10-20(15,17)23/h4,6,11,16-17,23H,3,5,7-10H2,1-2H3/t16-,17-,19-,20-/m0/s1. The first kappa shape index (κ1) is 15.8. The van der Waals surface area contributed by atoms with E-state index in [0.717, 1.165) is 36.8 Å². The summed E-state index contributed by atoms with van der Waals surface area (Å²) in [5.74, 6) is 1.02. The Bertz CT molecular complexity index is 724. The Morgan fingerprint density at radius 1 is 1.21 bits per heavy atom. The normalized spacial score (nSPS) is 37.4. The van der Waals surface area contributed by atoms with Crippen molar-refractivity contribution in [2.75, 3.05) is 0 Å². The van der Waals surface area contributed by atoms with Crippen LogP contribution in [0.5, 0.6) is 5.75 Å². The van der Waals surface area contributed by atoms with Crippen LogP contribution in [0, 0.1) is 17.3 Å². The summed E-state index contributed by atoms with van der Waals surface area (Å²) in [5.41, 5.74) is 0.944. The lowest BCUT2D eigenvalue weighted by molar-refractivity contribution is -0.146. The van der Waals surface area contributed by atoms with Crippen LogP contribution in [-0.4, -0.2) is 16.9 Å². The van der Waals surface area contributed by atoms with E-state index in [1.807, 2.05) is 12.1 Å². The topological polar surface area (TPSA) is 63.6 Å². The van der Waals surface area contributed by atoms with Crippen LogP contribution in [0.1, 0.15) is 57.1 Å². The highest BCUT2D eigenvalue weighted by molar-refractivity contribution is 5.87. The molecule has 0 aliphatic heterocycles. The van der Waals surface area contributed by atoms with Gasteiger partial charge in [0.15, 0.2) is 0 Å². The number of aliphatic hydroxyl groups is 1. The van der Waals surface area contributed by atoms with Gasteiger partial charge >= 0.3 is 5.97 Å².